The predicted octanol–water partition coefficient (Wildman–Crippen LogP) is 13.0. The molecule has 390 valence electrons. The Morgan fingerprint density at radius 2 is 0.806 bits per heavy atom. The Balaban J connectivity index is 0.000000159. The molecule has 0 amide bonds. The smallest absolute Gasteiger partial charge is 0.248 e. The molecule has 3 fully saturated rings. The molecule has 0 radical (unpaired) electrons. The summed E-state index contributed by atoms with van der Waals surface area (Å²) in [5.74, 6) is -4.28. The Morgan fingerprint density at radius 1 is 0.431 bits per heavy atom. The summed E-state index contributed by atoms with van der Waals surface area (Å²) in [6.45, 7) is 17.3. The molecule has 0 atom stereocenters. The van der Waals surface area contributed by atoms with Crippen LogP contribution in [0.2, 0.25) is 0 Å². The van der Waals surface area contributed by atoms with Crippen molar-refractivity contribution >= 4 is 65.6 Å². The maximum absolute atomic E-state index is 13.3. The van der Waals surface area contributed by atoms with E-state index in [9.17, 15) is 26.3 Å². The normalized spacial score (nSPS) is 17.9. The molecule has 3 aliphatic rings. The summed E-state index contributed by atoms with van der Waals surface area (Å²) in [5.41, 5.74) is 7.92. The van der Waals surface area contributed by atoms with Gasteiger partial charge in [0, 0.05) is 79.8 Å². The van der Waals surface area contributed by atoms with Crippen molar-refractivity contribution in [2.75, 3.05) is 16.0 Å². The average Bonchev–Trinajstić information content (AvgIpc) is 3.92. The number of nitrogens with one attached hydrogen (secondary N) is 3. The van der Waals surface area contributed by atoms with E-state index in [-0.39, 0.29) is 56.7 Å². The number of rotatable bonds is 9. The number of aryl methyl sites for hydroxylation is 8. The number of halogens is 9. The molecular formula is C48H60Br3F6N15. The SMILES string of the molecule is Cc1cc(-n2nc(C)cc2C)nc(NC2CCC(F)(F)CC2)n1.Cc1cc(C)n(-c2nc(NC3CCC(F)(F)CC3)nc(C)c2Br)n1.Cc1nc(NC2CCC(F)(F)CC2)nc(-n2nc(C)c(Br)c2C)c1Br. The third-order valence-electron chi connectivity index (χ3n) is 12.8. The fourth-order valence-electron chi connectivity index (χ4n) is 8.86. The number of nitrogens with zero attached hydrogens (tertiary/aromatic N) is 12. The minimum Gasteiger partial charge on any atom is -0.351 e. The second-order valence-corrected chi connectivity index (χ2v) is 21.5. The molecule has 24 heteroatoms. The van der Waals surface area contributed by atoms with Crippen LogP contribution in [0.4, 0.5) is 44.2 Å². The molecule has 9 rings (SSSR count). The van der Waals surface area contributed by atoms with Crippen LogP contribution in [0.1, 0.15) is 128 Å². The molecule has 0 aliphatic heterocycles. The highest BCUT2D eigenvalue weighted by molar-refractivity contribution is 9.11. The highest BCUT2D eigenvalue weighted by Crippen LogP contribution is 2.37. The lowest BCUT2D eigenvalue weighted by atomic mass is 9.92. The Labute approximate surface area is 440 Å². The van der Waals surface area contributed by atoms with Gasteiger partial charge in [0.05, 0.1) is 47.6 Å². The van der Waals surface area contributed by atoms with Crippen LogP contribution in [0, 0.1) is 62.3 Å². The van der Waals surface area contributed by atoms with Gasteiger partial charge in [0.25, 0.3) is 0 Å². The van der Waals surface area contributed by atoms with Crippen molar-refractivity contribution in [1.82, 2.24) is 59.2 Å². The van der Waals surface area contributed by atoms with E-state index in [4.69, 9.17) is 0 Å². The van der Waals surface area contributed by atoms with Gasteiger partial charge >= 0.3 is 0 Å². The van der Waals surface area contributed by atoms with E-state index in [0.717, 1.165) is 64.7 Å². The highest BCUT2D eigenvalue weighted by Gasteiger charge is 2.37. The Kier molecular flexibility index (Phi) is 17.1. The summed E-state index contributed by atoms with van der Waals surface area (Å²) in [7, 11) is 0. The number of hydrogen-bond donors (Lipinski definition) is 3. The number of anilines is 3. The van der Waals surface area contributed by atoms with Crippen LogP contribution in [0.5, 0.6) is 0 Å². The molecule has 6 heterocycles. The summed E-state index contributed by atoms with van der Waals surface area (Å²) in [4.78, 5) is 26.9. The first-order valence-corrected chi connectivity index (χ1v) is 26.3. The standard InChI is InChI=1S/C16H19Br2F2N5.C16H20BrF2N5.C16H21F2N5/c1-8-13(18)14(25-10(3)12(17)9(2)24-25)23-15(21-8)22-11-4-6-16(19,20)7-5-11;1-9-8-10(2)24(23-9)14-13(17)11(3)20-15(22-14)21-12-4-6-16(18,19)7-5-12;1-10-9-14(23-12(3)8-11(2)22-23)21-15(19-10)20-13-4-6-16(17,18)7-5-13/h11H,4-7H2,1-3H3,(H,21,22,23);8,12H,4-7H2,1-3H3,(H,20,21,22);8-9,13H,4-7H2,1-3H3,(H,19,20,21). The third-order valence-corrected chi connectivity index (χ3v) is 15.8. The number of aromatic nitrogens is 12. The first-order valence-electron chi connectivity index (χ1n) is 23.9. The van der Waals surface area contributed by atoms with Gasteiger partial charge in [-0.25, -0.2) is 55.3 Å². The minimum absolute atomic E-state index is 0.00951. The second-order valence-electron chi connectivity index (χ2n) is 19.1. The summed E-state index contributed by atoms with van der Waals surface area (Å²) in [6.07, 6.45) is 1.96. The Hall–Kier alpha value is -4.71. The average molecular weight is 1200 g/mol. The lowest BCUT2D eigenvalue weighted by Crippen LogP contribution is -2.32. The monoisotopic (exact) mass is 1200 g/mol. The van der Waals surface area contributed by atoms with Crippen molar-refractivity contribution in [3.05, 3.63) is 82.9 Å². The van der Waals surface area contributed by atoms with Gasteiger partial charge in [0.1, 0.15) is 0 Å². The molecule has 0 aromatic carbocycles. The van der Waals surface area contributed by atoms with Gasteiger partial charge in [-0.05, 0) is 161 Å². The fraction of sp³-hybridized carbons (Fsp3) is 0.562. The van der Waals surface area contributed by atoms with Crippen molar-refractivity contribution in [2.24, 2.45) is 0 Å². The van der Waals surface area contributed by atoms with Gasteiger partial charge < -0.3 is 16.0 Å². The van der Waals surface area contributed by atoms with Gasteiger partial charge in [-0.2, -0.15) is 30.2 Å². The minimum atomic E-state index is -2.55. The van der Waals surface area contributed by atoms with Gasteiger partial charge in [-0.15, -0.1) is 0 Å². The first-order chi connectivity index (χ1) is 33.7. The molecule has 0 spiro atoms. The molecule has 3 N–H and O–H groups in total. The summed E-state index contributed by atoms with van der Waals surface area (Å²) in [5, 5.41) is 23.0. The van der Waals surface area contributed by atoms with Gasteiger partial charge in [-0.1, -0.05) is 0 Å². The Morgan fingerprint density at radius 3 is 1.17 bits per heavy atom. The highest BCUT2D eigenvalue weighted by atomic mass is 79.9. The van der Waals surface area contributed by atoms with E-state index in [1.165, 1.54) is 0 Å². The molecule has 0 bridgehead atoms. The van der Waals surface area contributed by atoms with E-state index in [1.807, 2.05) is 80.5 Å². The lowest BCUT2D eigenvalue weighted by Gasteiger charge is -2.29. The summed E-state index contributed by atoms with van der Waals surface area (Å²) < 4.78 is 87.4. The van der Waals surface area contributed by atoms with Gasteiger partial charge in [0.2, 0.25) is 35.6 Å². The van der Waals surface area contributed by atoms with Crippen molar-refractivity contribution < 1.29 is 26.3 Å². The van der Waals surface area contributed by atoms with E-state index < -0.39 is 17.8 Å². The first kappa shape index (κ1) is 55.0. The molecule has 72 heavy (non-hydrogen) atoms. The fourth-order valence-corrected chi connectivity index (χ4v) is 9.80. The van der Waals surface area contributed by atoms with Crippen molar-refractivity contribution in [3.63, 3.8) is 0 Å². The molecule has 6 aromatic heterocycles. The van der Waals surface area contributed by atoms with Gasteiger partial charge in [-0.3, -0.25) is 0 Å². The van der Waals surface area contributed by atoms with Crippen LogP contribution in [0.15, 0.2) is 31.6 Å². The van der Waals surface area contributed by atoms with Crippen LogP contribution >= 0.6 is 47.8 Å². The lowest BCUT2D eigenvalue weighted by molar-refractivity contribution is -0.0366. The van der Waals surface area contributed by atoms with Crippen LogP contribution in [-0.4, -0.2) is 95.1 Å². The van der Waals surface area contributed by atoms with E-state index in [0.29, 0.717) is 73.8 Å². The molecule has 3 saturated carbocycles. The number of hydrogen-bond acceptors (Lipinski definition) is 12. The van der Waals surface area contributed by atoms with Gasteiger partial charge in [0.15, 0.2) is 17.5 Å². The van der Waals surface area contributed by atoms with E-state index >= 15 is 0 Å². The maximum Gasteiger partial charge on any atom is 0.248 e. The van der Waals surface area contributed by atoms with Crippen molar-refractivity contribution in [2.45, 2.75) is 175 Å². The quantitative estimate of drug-likeness (QED) is 0.117. The van der Waals surface area contributed by atoms with Crippen LogP contribution in [-0.2, 0) is 0 Å². The van der Waals surface area contributed by atoms with Crippen molar-refractivity contribution in [3.8, 4) is 17.5 Å². The number of alkyl halides is 6. The van der Waals surface area contributed by atoms with Crippen LogP contribution < -0.4 is 16.0 Å². The molecule has 3 aliphatic carbocycles. The predicted molar refractivity (Wildman–Crippen MR) is 276 cm³/mol. The molecule has 0 saturated heterocycles. The molecular weight excluding hydrogens is 1140 g/mol. The third kappa shape index (κ3) is 13.9. The zero-order valence-electron chi connectivity index (χ0n) is 41.7. The molecule has 15 nitrogen and oxygen atoms in total. The zero-order valence-corrected chi connectivity index (χ0v) is 46.5. The van der Waals surface area contributed by atoms with Crippen LogP contribution in [0.25, 0.3) is 17.5 Å². The summed E-state index contributed by atoms with van der Waals surface area (Å²) in [6, 6.07) is 5.73. The maximum atomic E-state index is 13.3. The van der Waals surface area contributed by atoms with Crippen molar-refractivity contribution in [1.29, 1.82) is 0 Å². The Bertz CT molecular complexity index is 2850. The second kappa shape index (κ2) is 22.4. The molecule has 6 aromatic rings. The topological polar surface area (TPSA) is 167 Å². The zero-order chi connectivity index (χ0) is 52.4. The molecule has 0 unspecified atom stereocenters. The largest absolute Gasteiger partial charge is 0.351 e. The van der Waals surface area contributed by atoms with Crippen LogP contribution in [0.3, 0.4) is 0 Å². The van der Waals surface area contributed by atoms with E-state index in [1.54, 1.807) is 14.0 Å². The van der Waals surface area contributed by atoms with E-state index in [2.05, 4.69) is 109 Å². The summed E-state index contributed by atoms with van der Waals surface area (Å²) >= 11 is 10.6.